The zero-order valence-corrected chi connectivity index (χ0v) is 11.4. The van der Waals surface area contributed by atoms with Crippen molar-refractivity contribution in [2.75, 3.05) is 6.61 Å². The summed E-state index contributed by atoms with van der Waals surface area (Å²) in [7, 11) is 0. The average molecular weight is 275 g/mol. The van der Waals surface area contributed by atoms with Crippen LogP contribution in [0.15, 0.2) is 28.8 Å². The highest BCUT2D eigenvalue weighted by Crippen LogP contribution is 2.35. The highest BCUT2D eigenvalue weighted by atomic mass is 16.6. The Morgan fingerprint density at radius 1 is 1.25 bits per heavy atom. The zero-order valence-electron chi connectivity index (χ0n) is 11.4. The third-order valence-corrected chi connectivity index (χ3v) is 3.26. The van der Waals surface area contributed by atoms with Crippen LogP contribution in [-0.2, 0) is 0 Å². The molecule has 2 atom stereocenters. The molecular formula is C14H17N3O3. The summed E-state index contributed by atoms with van der Waals surface area (Å²) in [5, 5.41) is 3.92. The van der Waals surface area contributed by atoms with Gasteiger partial charge in [0.05, 0.1) is 6.04 Å². The molecule has 0 saturated heterocycles. The van der Waals surface area contributed by atoms with E-state index in [1.54, 1.807) is 0 Å². The van der Waals surface area contributed by atoms with E-state index in [-0.39, 0.29) is 12.0 Å². The van der Waals surface area contributed by atoms with Crippen molar-refractivity contribution in [3.63, 3.8) is 0 Å². The molecule has 2 aromatic rings. The number of rotatable bonds is 3. The van der Waals surface area contributed by atoms with Gasteiger partial charge in [0, 0.05) is 0 Å². The monoisotopic (exact) mass is 275 g/mol. The van der Waals surface area contributed by atoms with Crippen molar-refractivity contribution in [2.24, 2.45) is 11.7 Å². The van der Waals surface area contributed by atoms with E-state index in [1.165, 1.54) is 0 Å². The molecule has 0 saturated carbocycles. The smallest absolute Gasteiger partial charge is 0.271 e. The summed E-state index contributed by atoms with van der Waals surface area (Å²) in [6.07, 6.45) is -0.398. The first-order valence-corrected chi connectivity index (χ1v) is 6.62. The fourth-order valence-electron chi connectivity index (χ4n) is 1.95. The van der Waals surface area contributed by atoms with Gasteiger partial charge in [-0.25, -0.2) is 0 Å². The first-order valence-electron chi connectivity index (χ1n) is 6.62. The number of ether oxygens (including phenoxy) is 2. The second-order valence-electron chi connectivity index (χ2n) is 5.12. The molecule has 2 unspecified atom stereocenters. The largest absolute Gasteiger partial charge is 0.485 e. The molecule has 6 heteroatoms. The molecule has 1 aromatic carbocycles. The van der Waals surface area contributed by atoms with E-state index in [0.29, 0.717) is 24.1 Å². The van der Waals surface area contributed by atoms with Gasteiger partial charge < -0.3 is 19.7 Å². The summed E-state index contributed by atoms with van der Waals surface area (Å²) in [6.45, 7) is 4.36. The Morgan fingerprint density at radius 2 is 2.00 bits per heavy atom. The van der Waals surface area contributed by atoms with Gasteiger partial charge in [0.1, 0.15) is 6.61 Å². The molecule has 106 valence electrons. The van der Waals surface area contributed by atoms with Gasteiger partial charge in [0.25, 0.3) is 5.89 Å². The van der Waals surface area contributed by atoms with Crippen molar-refractivity contribution in [1.82, 2.24) is 10.1 Å². The predicted molar refractivity (Wildman–Crippen MR) is 71.4 cm³/mol. The normalized spacial score (nSPS) is 19.1. The maximum Gasteiger partial charge on any atom is 0.271 e. The van der Waals surface area contributed by atoms with Gasteiger partial charge in [-0.05, 0) is 18.1 Å². The van der Waals surface area contributed by atoms with Crippen molar-refractivity contribution in [3.8, 4) is 11.5 Å². The highest BCUT2D eigenvalue weighted by molar-refractivity contribution is 5.40. The number of hydrogen-bond acceptors (Lipinski definition) is 6. The lowest BCUT2D eigenvalue weighted by Gasteiger charge is -2.23. The number of fused-ring (bicyclic) bond motifs is 1. The summed E-state index contributed by atoms with van der Waals surface area (Å²) in [6, 6.07) is 7.25. The molecule has 0 bridgehead atoms. The van der Waals surface area contributed by atoms with E-state index in [4.69, 9.17) is 19.7 Å². The molecule has 0 amide bonds. The van der Waals surface area contributed by atoms with E-state index in [0.717, 1.165) is 5.75 Å². The van der Waals surface area contributed by atoms with Crippen molar-refractivity contribution in [1.29, 1.82) is 0 Å². The van der Waals surface area contributed by atoms with Crippen LogP contribution < -0.4 is 15.2 Å². The summed E-state index contributed by atoms with van der Waals surface area (Å²) >= 11 is 0. The fourth-order valence-corrected chi connectivity index (χ4v) is 1.95. The third kappa shape index (κ3) is 2.34. The van der Waals surface area contributed by atoms with Crippen molar-refractivity contribution >= 4 is 0 Å². The molecule has 0 spiro atoms. The first-order chi connectivity index (χ1) is 9.65. The Morgan fingerprint density at radius 3 is 2.75 bits per heavy atom. The summed E-state index contributed by atoms with van der Waals surface area (Å²) in [4.78, 5) is 4.32. The molecule has 1 aliphatic heterocycles. The highest BCUT2D eigenvalue weighted by Gasteiger charge is 2.28. The molecule has 20 heavy (non-hydrogen) atoms. The van der Waals surface area contributed by atoms with Gasteiger partial charge in [-0.15, -0.1) is 0 Å². The molecule has 0 radical (unpaired) electrons. The Hall–Kier alpha value is -2.08. The van der Waals surface area contributed by atoms with E-state index in [1.807, 2.05) is 38.1 Å². The summed E-state index contributed by atoms with van der Waals surface area (Å²) in [5.41, 5.74) is 6.00. The standard InChI is InChI=1S/C14H17N3O3/c1-8(2)12(15)13-16-14(20-17-13)11-7-18-9-5-3-4-6-10(9)19-11/h3-6,8,11-12H,7,15H2,1-2H3. The third-order valence-electron chi connectivity index (χ3n) is 3.26. The SMILES string of the molecule is CC(C)C(N)c1noc(C2COc3ccccc3O2)n1. The van der Waals surface area contributed by atoms with Gasteiger partial charge in [-0.2, -0.15) is 4.98 Å². The minimum atomic E-state index is -0.398. The Bertz CT molecular complexity index is 597. The lowest BCUT2D eigenvalue weighted by molar-refractivity contribution is 0.0665. The first kappa shape index (κ1) is 12.9. The molecule has 1 aliphatic rings. The van der Waals surface area contributed by atoms with Gasteiger partial charge in [-0.1, -0.05) is 31.1 Å². The Labute approximate surface area is 116 Å². The van der Waals surface area contributed by atoms with Crippen LogP contribution in [0.4, 0.5) is 0 Å². The van der Waals surface area contributed by atoms with Crippen molar-refractivity contribution in [2.45, 2.75) is 26.0 Å². The average Bonchev–Trinajstić information content (AvgIpc) is 2.95. The maximum absolute atomic E-state index is 6.00. The van der Waals surface area contributed by atoms with Crippen LogP contribution in [0.2, 0.25) is 0 Å². The number of para-hydroxylation sites is 2. The number of aromatic nitrogens is 2. The maximum atomic E-state index is 6.00. The zero-order chi connectivity index (χ0) is 14.1. The van der Waals surface area contributed by atoms with Gasteiger partial charge in [-0.3, -0.25) is 0 Å². The Balaban J connectivity index is 1.78. The second kappa shape index (κ2) is 5.13. The van der Waals surface area contributed by atoms with Crippen LogP contribution in [0.25, 0.3) is 0 Å². The molecule has 0 fully saturated rings. The lowest BCUT2D eigenvalue weighted by Crippen LogP contribution is -2.22. The van der Waals surface area contributed by atoms with Gasteiger partial charge >= 0.3 is 0 Å². The van der Waals surface area contributed by atoms with Crippen molar-refractivity contribution in [3.05, 3.63) is 36.0 Å². The van der Waals surface area contributed by atoms with E-state index < -0.39 is 6.10 Å². The van der Waals surface area contributed by atoms with Crippen LogP contribution in [0.1, 0.15) is 37.7 Å². The van der Waals surface area contributed by atoms with E-state index in [2.05, 4.69) is 10.1 Å². The minimum Gasteiger partial charge on any atom is -0.485 e. The molecular weight excluding hydrogens is 258 g/mol. The topological polar surface area (TPSA) is 83.4 Å². The molecule has 2 heterocycles. The number of hydrogen-bond donors (Lipinski definition) is 1. The number of benzene rings is 1. The van der Waals surface area contributed by atoms with E-state index in [9.17, 15) is 0 Å². The molecule has 3 rings (SSSR count). The van der Waals surface area contributed by atoms with Gasteiger partial charge in [0.2, 0.25) is 6.10 Å². The predicted octanol–water partition coefficient (Wildman–Crippen LogP) is 2.24. The van der Waals surface area contributed by atoms with Crippen LogP contribution in [-0.4, -0.2) is 16.7 Å². The lowest BCUT2D eigenvalue weighted by atomic mass is 10.1. The van der Waals surface area contributed by atoms with Crippen LogP contribution in [0, 0.1) is 5.92 Å². The minimum absolute atomic E-state index is 0.240. The molecule has 0 aliphatic carbocycles. The molecule has 2 N–H and O–H groups in total. The van der Waals surface area contributed by atoms with Crippen LogP contribution in [0.3, 0.4) is 0 Å². The molecule has 6 nitrogen and oxygen atoms in total. The summed E-state index contributed by atoms with van der Waals surface area (Å²) < 4.78 is 16.7. The number of nitrogens with two attached hydrogens (primary N) is 1. The fraction of sp³-hybridized carbons (Fsp3) is 0.429. The second-order valence-corrected chi connectivity index (χ2v) is 5.12. The number of nitrogens with zero attached hydrogens (tertiary/aromatic N) is 2. The Kier molecular flexibility index (Phi) is 3.31. The molecule has 1 aromatic heterocycles. The quantitative estimate of drug-likeness (QED) is 0.924. The van der Waals surface area contributed by atoms with Crippen molar-refractivity contribution < 1.29 is 14.0 Å². The van der Waals surface area contributed by atoms with Gasteiger partial charge in [0.15, 0.2) is 17.3 Å². The van der Waals surface area contributed by atoms with E-state index >= 15 is 0 Å². The summed E-state index contributed by atoms with van der Waals surface area (Å²) in [5.74, 6) is 2.53. The van der Waals surface area contributed by atoms with Crippen LogP contribution >= 0.6 is 0 Å². The van der Waals surface area contributed by atoms with Crippen LogP contribution in [0.5, 0.6) is 11.5 Å².